The van der Waals surface area contributed by atoms with Crippen molar-refractivity contribution < 1.29 is 13.9 Å². The number of aryl methyl sites for hydroxylation is 1. The number of pyridine rings is 1. The molecule has 0 bridgehead atoms. The van der Waals surface area contributed by atoms with E-state index in [1.165, 1.54) is 24.5 Å². The highest BCUT2D eigenvalue weighted by molar-refractivity contribution is 7.18. The van der Waals surface area contributed by atoms with E-state index >= 15 is 0 Å². The van der Waals surface area contributed by atoms with Crippen molar-refractivity contribution in [2.45, 2.75) is 26.2 Å². The SMILES string of the molecule is CCCCc1cccc(C(=O)Nc2nnc(-c3ccnc(OC)c3)s2)c1F. The number of anilines is 1. The van der Waals surface area contributed by atoms with E-state index in [4.69, 9.17) is 4.74 Å². The summed E-state index contributed by atoms with van der Waals surface area (Å²) < 4.78 is 19.7. The van der Waals surface area contributed by atoms with Crippen molar-refractivity contribution >= 4 is 22.4 Å². The fourth-order valence-electron chi connectivity index (χ4n) is 2.52. The summed E-state index contributed by atoms with van der Waals surface area (Å²) in [5.74, 6) is -0.563. The molecule has 0 fully saturated rings. The number of carbonyl (C=O) groups is 1. The smallest absolute Gasteiger partial charge is 0.260 e. The zero-order valence-corrected chi connectivity index (χ0v) is 15.8. The Morgan fingerprint density at radius 1 is 1.30 bits per heavy atom. The van der Waals surface area contributed by atoms with Crippen molar-refractivity contribution in [3.05, 3.63) is 53.5 Å². The number of aromatic nitrogens is 3. The molecular weight excluding hydrogens is 367 g/mol. The molecule has 0 aliphatic heterocycles. The third kappa shape index (κ3) is 4.46. The molecule has 0 saturated heterocycles. The fourth-order valence-corrected chi connectivity index (χ4v) is 3.26. The lowest BCUT2D eigenvalue weighted by Gasteiger charge is -2.07. The summed E-state index contributed by atoms with van der Waals surface area (Å²) in [4.78, 5) is 16.5. The van der Waals surface area contributed by atoms with Gasteiger partial charge in [0, 0.05) is 17.8 Å². The molecule has 1 aromatic carbocycles. The van der Waals surface area contributed by atoms with Crippen molar-refractivity contribution in [2.24, 2.45) is 0 Å². The highest BCUT2D eigenvalue weighted by atomic mass is 32.1. The zero-order chi connectivity index (χ0) is 19.2. The Hall–Kier alpha value is -2.87. The van der Waals surface area contributed by atoms with Crippen molar-refractivity contribution in [3.63, 3.8) is 0 Å². The summed E-state index contributed by atoms with van der Waals surface area (Å²) in [5.41, 5.74) is 1.32. The van der Waals surface area contributed by atoms with Gasteiger partial charge in [-0.25, -0.2) is 9.37 Å². The van der Waals surface area contributed by atoms with E-state index in [9.17, 15) is 9.18 Å². The summed E-state index contributed by atoms with van der Waals surface area (Å²) in [5, 5.41) is 11.5. The van der Waals surface area contributed by atoms with Gasteiger partial charge in [0.25, 0.3) is 5.91 Å². The lowest BCUT2D eigenvalue weighted by Crippen LogP contribution is -2.14. The van der Waals surface area contributed by atoms with Crippen LogP contribution in [0.3, 0.4) is 0 Å². The number of methoxy groups -OCH3 is 1. The lowest BCUT2D eigenvalue weighted by atomic mass is 10.0. The Morgan fingerprint density at radius 2 is 2.15 bits per heavy atom. The van der Waals surface area contributed by atoms with Crippen LogP contribution in [0.25, 0.3) is 10.6 Å². The molecule has 3 aromatic rings. The number of ether oxygens (including phenoxy) is 1. The predicted octanol–water partition coefficient (Wildman–Crippen LogP) is 4.34. The molecule has 0 radical (unpaired) electrons. The number of nitrogens with zero attached hydrogens (tertiary/aromatic N) is 3. The second kappa shape index (κ2) is 8.68. The third-order valence-electron chi connectivity index (χ3n) is 3.96. The van der Waals surface area contributed by atoms with Crippen LogP contribution in [0.5, 0.6) is 5.88 Å². The number of halogens is 1. The first-order chi connectivity index (χ1) is 13.1. The van der Waals surface area contributed by atoms with Crippen LogP contribution in [0, 0.1) is 5.82 Å². The zero-order valence-electron chi connectivity index (χ0n) is 15.0. The molecule has 0 unspecified atom stereocenters. The number of hydrogen-bond donors (Lipinski definition) is 1. The van der Waals surface area contributed by atoms with Gasteiger partial charge in [0.05, 0.1) is 12.7 Å². The number of amides is 1. The van der Waals surface area contributed by atoms with E-state index in [1.54, 1.807) is 30.5 Å². The maximum absolute atomic E-state index is 14.6. The first-order valence-electron chi connectivity index (χ1n) is 8.55. The Balaban J connectivity index is 1.76. The highest BCUT2D eigenvalue weighted by Crippen LogP contribution is 2.28. The molecule has 6 nitrogen and oxygen atoms in total. The van der Waals surface area contributed by atoms with E-state index in [1.807, 2.05) is 6.92 Å². The molecule has 1 amide bonds. The van der Waals surface area contributed by atoms with Crippen molar-refractivity contribution in [2.75, 3.05) is 12.4 Å². The van der Waals surface area contributed by atoms with Gasteiger partial charge in [-0.05, 0) is 30.5 Å². The summed E-state index contributed by atoms with van der Waals surface area (Å²) in [7, 11) is 1.53. The van der Waals surface area contributed by atoms with Crippen LogP contribution < -0.4 is 10.1 Å². The second-order valence-electron chi connectivity index (χ2n) is 5.84. The highest BCUT2D eigenvalue weighted by Gasteiger charge is 2.17. The topological polar surface area (TPSA) is 77.0 Å². The van der Waals surface area contributed by atoms with Crippen LogP contribution in [0.15, 0.2) is 36.5 Å². The maximum atomic E-state index is 14.6. The Morgan fingerprint density at radius 3 is 2.93 bits per heavy atom. The molecule has 2 heterocycles. The molecule has 27 heavy (non-hydrogen) atoms. The summed E-state index contributed by atoms with van der Waals surface area (Å²) >= 11 is 1.19. The lowest BCUT2D eigenvalue weighted by molar-refractivity contribution is 0.102. The molecule has 1 N–H and O–H groups in total. The molecule has 0 spiro atoms. The fraction of sp³-hybridized carbons (Fsp3) is 0.263. The molecule has 0 atom stereocenters. The summed E-state index contributed by atoms with van der Waals surface area (Å²) in [6, 6.07) is 8.36. The molecule has 2 aromatic heterocycles. The van der Waals surface area contributed by atoms with Crippen LogP contribution in [0.1, 0.15) is 35.7 Å². The standard InChI is InChI=1S/C19H19FN4O2S/c1-3-4-6-12-7-5-8-14(16(12)20)17(25)22-19-24-23-18(27-19)13-9-10-21-15(11-13)26-2/h5,7-11H,3-4,6H2,1-2H3,(H,22,24,25). The quantitative estimate of drug-likeness (QED) is 0.653. The van der Waals surface area contributed by atoms with E-state index in [2.05, 4.69) is 20.5 Å². The van der Waals surface area contributed by atoms with Gasteiger partial charge >= 0.3 is 0 Å². The number of carbonyl (C=O) groups excluding carboxylic acids is 1. The number of nitrogens with one attached hydrogen (secondary N) is 1. The average Bonchev–Trinajstić information content (AvgIpc) is 3.15. The Kier molecular flexibility index (Phi) is 6.08. The summed E-state index contributed by atoms with van der Waals surface area (Å²) in [6.07, 6.45) is 4.04. The number of unbranched alkanes of at least 4 members (excludes halogenated alkanes) is 1. The van der Waals surface area contributed by atoms with Crippen LogP contribution in [0.4, 0.5) is 9.52 Å². The van der Waals surface area contributed by atoms with Crippen LogP contribution in [-0.4, -0.2) is 28.2 Å². The monoisotopic (exact) mass is 386 g/mol. The molecule has 0 aliphatic rings. The van der Waals surface area contributed by atoms with Crippen LogP contribution >= 0.6 is 11.3 Å². The van der Waals surface area contributed by atoms with E-state index < -0.39 is 11.7 Å². The van der Waals surface area contributed by atoms with E-state index in [0.29, 0.717) is 28.0 Å². The first-order valence-corrected chi connectivity index (χ1v) is 9.36. The normalized spacial score (nSPS) is 10.6. The Labute approximate surface area is 160 Å². The maximum Gasteiger partial charge on any atom is 0.260 e. The second-order valence-corrected chi connectivity index (χ2v) is 6.81. The van der Waals surface area contributed by atoms with Crippen molar-refractivity contribution in [1.29, 1.82) is 0 Å². The number of hydrogen-bond acceptors (Lipinski definition) is 6. The first kappa shape index (κ1) is 18.9. The van der Waals surface area contributed by atoms with Crippen molar-refractivity contribution in [1.82, 2.24) is 15.2 Å². The molecule has 3 rings (SSSR count). The molecule has 0 aliphatic carbocycles. The van der Waals surface area contributed by atoms with Gasteiger partial charge in [-0.2, -0.15) is 0 Å². The largest absolute Gasteiger partial charge is 0.481 e. The molecular formula is C19H19FN4O2S. The summed E-state index contributed by atoms with van der Waals surface area (Å²) in [6.45, 7) is 2.04. The third-order valence-corrected chi connectivity index (χ3v) is 4.85. The Bertz CT molecular complexity index is 945. The van der Waals surface area contributed by atoms with Gasteiger partial charge in [0.1, 0.15) is 10.8 Å². The molecule has 8 heteroatoms. The minimum atomic E-state index is -0.541. The number of benzene rings is 1. The van der Waals surface area contributed by atoms with Crippen molar-refractivity contribution in [3.8, 4) is 16.5 Å². The number of rotatable bonds is 7. The van der Waals surface area contributed by atoms with Gasteiger partial charge in [-0.1, -0.05) is 36.8 Å². The molecule has 0 saturated carbocycles. The minimum Gasteiger partial charge on any atom is -0.481 e. The van der Waals surface area contributed by atoms with Gasteiger partial charge in [-0.3, -0.25) is 10.1 Å². The van der Waals surface area contributed by atoms with E-state index in [0.717, 1.165) is 18.4 Å². The predicted molar refractivity (Wildman–Crippen MR) is 103 cm³/mol. The van der Waals surface area contributed by atoms with Gasteiger partial charge in [0.15, 0.2) is 0 Å². The van der Waals surface area contributed by atoms with E-state index in [-0.39, 0.29) is 5.56 Å². The van der Waals surface area contributed by atoms with Crippen LogP contribution in [-0.2, 0) is 6.42 Å². The van der Waals surface area contributed by atoms with Gasteiger partial charge < -0.3 is 4.74 Å². The van der Waals surface area contributed by atoms with Crippen LogP contribution in [0.2, 0.25) is 0 Å². The van der Waals surface area contributed by atoms with Gasteiger partial charge in [-0.15, -0.1) is 10.2 Å². The minimum absolute atomic E-state index is 0.00549. The van der Waals surface area contributed by atoms with Gasteiger partial charge in [0.2, 0.25) is 11.0 Å². The molecule has 140 valence electrons. The average molecular weight is 386 g/mol.